The minimum atomic E-state index is -0.839. The summed E-state index contributed by atoms with van der Waals surface area (Å²) in [6.07, 6.45) is 2.42. The van der Waals surface area contributed by atoms with Crippen molar-refractivity contribution in [3.8, 4) is 0 Å². The van der Waals surface area contributed by atoms with Crippen LogP contribution in [-0.4, -0.2) is 29.8 Å². The zero-order valence-electron chi connectivity index (χ0n) is 10.3. The maximum atomic E-state index is 11.9. The SMILES string of the molecule is CSC(C(=O)NCCCC(=O)O)c1ccccc1. The monoisotopic (exact) mass is 267 g/mol. The average Bonchev–Trinajstić information content (AvgIpc) is 2.36. The standard InChI is InChI=1S/C13H17NO3S/c1-18-12(10-6-3-2-4-7-10)13(17)14-9-5-8-11(15)16/h2-4,6-7,12H,5,8-9H2,1H3,(H,14,17)(H,15,16). The van der Waals surface area contributed by atoms with Gasteiger partial charge in [0, 0.05) is 13.0 Å². The molecule has 4 nitrogen and oxygen atoms in total. The first-order valence-corrected chi connectivity index (χ1v) is 7.01. The van der Waals surface area contributed by atoms with Crippen LogP contribution in [0.4, 0.5) is 0 Å². The Hall–Kier alpha value is -1.49. The zero-order chi connectivity index (χ0) is 13.4. The number of hydrogen-bond donors (Lipinski definition) is 2. The molecule has 0 heterocycles. The molecule has 0 radical (unpaired) electrons. The minimum absolute atomic E-state index is 0.0703. The van der Waals surface area contributed by atoms with Crippen LogP contribution in [0.3, 0.4) is 0 Å². The molecule has 1 atom stereocenters. The molecule has 1 amide bonds. The quantitative estimate of drug-likeness (QED) is 0.742. The van der Waals surface area contributed by atoms with E-state index >= 15 is 0 Å². The Morgan fingerprint density at radius 1 is 1.33 bits per heavy atom. The number of hydrogen-bond acceptors (Lipinski definition) is 3. The Labute approximate surface area is 111 Å². The highest BCUT2D eigenvalue weighted by Gasteiger charge is 2.18. The molecule has 18 heavy (non-hydrogen) atoms. The third-order valence-electron chi connectivity index (χ3n) is 2.44. The molecular weight excluding hydrogens is 250 g/mol. The van der Waals surface area contributed by atoms with Crippen LogP contribution in [0.2, 0.25) is 0 Å². The second-order valence-corrected chi connectivity index (χ2v) is 4.76. The highest BCUT2D eigenvalue weighted by molar-refractivity contribution is 7.99. The van der Waals surface area contributed by atoms with E-state index in [1.54, 1.807) is 0 Å². The van der Waals surface area contributed by atoms with Crippen molar-refractivity contribution in [1.29, 1.82) is 0 Å². The third kappa shape index (κ3) is 4.79. The van der Waals surface area contributed by atoms with Gasteiger partial charge in [0.25, 0.3) is 0 Å². The molecule has 0 aliphatic rings. The molecule has 98 valence electrons. The summed E-state index contributed by atoms with van der Waals surface area (Å²) < 4.78 is 0. The van der Waals surface area contributed by atoms with Gasteiger partial charge >= 0.3 is 5.97 Å². The van der Waals surface area contributed by atoms with Crippen molar-refractivity contribution in [3.05, 3.63) is 35.9 Å². The smallest absolute Gasteiger partial charge is 0.303 e. The van der Waals surface area contributed by atoms with Gasteiger partial charge in [-0.3, -0.25) is 9.59 Å². The molecule has 0 spiro atoms. The number of thioether (sulfide) groups is 1. The number of amides is 1. The summed E-state index contributed by atoms with van der Waals surface area (Å²) in [7, 11) is 0. The number of carbonyl (C=O) groups excluding carboxylic acids is 1. The van der Waals surface area contributed by atoms with Crippen molar-refractivity contribution in [2.75, 3.05) is 12.8 Å². The van der Waals surface area contributed by atoms with Crippen LogP contribution in [0.5, 0.6) is 0 Å². The van der Waals surface area contributed by atoms with Crippen LogP contribution in [0, 0.1) is 0 Å². The Balaban J connectivity index is 2.46. The summed E-state index contributed by atoms with van der Waals surface area (Å²) in [5, 5.41) is 11.0. The van der Waals surface area contributed by atoms with Crippen molar-refractivity contribution in [1.82, 2.24) is 5.32 Å². The van der Waals surface area contributed by atoms with Gasteiger partial charge in [-0.05, 0) is 18.2 Å². The van der Waals surface area contributed by atoms with E-state index in [-0.39, 0.29) is 17.6 Å². The van der Waals surface area contributed by atoms with Gasteiger partial charge in [-0.1, -0.05) is 30.3 Å². The number of benzene rings is 1. The molecule has 1 unspecified atom stereocenters. The van der Waals surface area contributed by atoms with Crippen molar-refractivity contribution in [3.63, 3.8) is 0 Å². The van der Waals surface area contributed by atoms with Gasteiger partial charge in [-0.2, -0.15) is 0 Å². The summed E-state index contributed by atoms with van der Waals surface area (Å²) >= 11 is 1.47. The van der Waals surface area contributed by atoms with Crippen molar-refractivity contribution in [2.45, 2.75) is 18.1 Å². The van der Waals surface area contributed by atoms with E-state index < -0.39 is 5.97 Å². The number of rotatable bonds is 7. The predicted octanol–water partition coefficient (Wildman–Crippen LogP) is 2.07. The van der Waals surface area contributed by atoms with Crippen LogP contribution in [0.15, 0.2) is 30.3 Å². The molecule has 0 fully saturated rings. The summed E-state index contributed by atoms with van der Waals surface area (Å²) in [5.41, 5.74) is 0.959. The van der Waals surface area contributed by atoms with Crippen molar-refractivity contribution in [2.24, 2.45) is 0 Å². The van der Waals surface area contributed by atoms with Crippen molar-refractivity contribution >= 4 is 23.6 Å². The lowest BCUT2D eigenvalue weighted by Gasteiger charge is -2.14. The van der Waals surface area contributed by atoms with E-state index in [2.05, 4.69) is 5.32 Å². The fourth-order valence-electron chi connectivity index (χ4n) is 1.57. The highest BCUT2D eigenvalue weighted by atomic mass is 32.2. The third-order valence-corrected chi connectivity index (χ3v) is 3.40. The van der Waals surface area contributed by atoms with Gasteiger partial charge in [-0.25, -0.2) is 0 Å². The van der Waals surface area contributed by atoms with E-state index in [1.165, 1.54) is 11.8 Å². The summed E-state index contributed by atoms with van der Waals surface area (Å²) in [6, 6.07) is 9.54. The van der Waals surface area contributed by atoms with Crippen LogP contribution in [-0.2, 0) is 9.59 Å². The van der Waals surface area contributed by atoms with Crippen molar-refractivity contribution < 1.29 is 14.7 Å². The van der Waals surface area contributed by atoms with Gasteiger partial charge in [0.1, 0.15) is 5.25 Å². The Bertz CT molecular complexity index is 394. The summed E-state index contributed by atoms with van der Waals surface area (Å²) in [4.78, 5) is 22.3. The highest BCUT2D eigenvalue weighted by Crippen LogP contribution is 2.26. The fraction of sp³-hybridized carbons (Fsp3) is 0.385. The lowest BCUT2D eigenvalue weighted by atomic mass is 10.1. The average molecular weight is 267 g/mol. The van der Waals surface area contributed by atoms with Gasteiger partial charge in [0.15, 0.2) is 0 Å². The van der Waals surface area contributed by atoms with Crippen LogP contribution < -0.4 is 5.32 Å². The summed E-state index contributed by atoms with van der Waals surface area (Å²) in [6.45, 7) is 0.398. The summed E-state index contributed by atoms with van der Waals surface area (Å²) in [5.74, 6) is -0.909. The molecule has 0 aromatic heterocycles. The second kappa shape index (κ2) is 7.76. The molecular formula is C13H17NO3S. The molecule has 5 heteroatoms. The maximum Gasteiger partial charge on any atom is 0.303 e. The Kier molecular flexibility index (Phi) is 6.28. The maximum absolute atomic E-state index is 11.9. The second-order valence-electron chi connectivity index (χ2n) is 3.81. The number of aliphatic carboxylic acids is 1. The Morgan fingerprint density at radius 2 is 2.00 bits per heavy atom. The van der Waals surface area contributed by atoms with Gasteiger partial charge in [0.2, 0.25) is 5.91 Å². The van der Waals surface area contributed by atoms with Gasteiger partial charge < -0.3 is 10.4 Å². The minimum Gasteiger partial charge on any atom is -0.481 e. The molecule has 1 aromatic carbocycles. The van der Waals surface area contributed by atoms with Gasteiger partial charge in [0.05, 0.1) is 0 Å². The van der Waals surface area contributed by atoms with Crippen LogP contribution in [0.25, 0.3) is 0 Å². The van der Waals surface area contributed by atoms with E-state index in [0.717, 1.165) is 5.56 Å². The van der Waals surface area contributed by atoms with E-state index in [9.17, 15) is 9.59 Å². The molecule has 0 saturated carbocycles. The molecule has 0 bridgehead atoms. The largest absolute Gasteiger partial charge is 0.481 e. The van der Waals surface area contributed by atoms with Gasteiger partial charge in [-0.15, -0.1) is 11.8 Å². The first kappa shape index (κ1) is 14.6. The fourth-order valence-corrected chi connectivity index (χ4v) is 2.29. The van der Waals surface area contributed by atoms with E-state index in [4.69, 9.17) is 5.11 Å². The van der Waals surface area contributed by atoms with E-state index in [1.807, 2.05) is 36.6 Å². The van der Waals surface area contributed by atoms with Crippen LogP contribution in [0.1, 0.15) is 23.7 Å². The molecule has 2 N–H and O–H groups in total. The topological polar surface area (TPSA) is 66.4 Å². The molecule has 1 rings (SSSR count). The van der Waals surface area contributed by atoms with E-state index in [0.29, 0.717) is 13.0 Å². The number of nitrogens with one attached hydrogen (secondary N) is 1. The normalized spacial score (nSPS) is 11.8. The molecule has 0 aliphatic carbocycles. The molecule has 1 aromatic rings. The lowest BCUT2D eigenvalue weighted by molar-refractivity contribution is -0.137. The van der Waals surface area contributed by atoms with Crippen LogP contribution >= 0.6 is 11.8 Å². The molecule has 0 saturated heterocycles. The first-order valence-electron chi connectivity index (χ1n) is 5.72. The predicted molar refractivity (Wildman–Crippen MR) is 72.6 cm³/mol. The molecule has 0 aliphatic heterocycles. The number of carboxylic acids is 1. The number of carboxylic acid groups (broad SMARTS) is 1. The zero-order valence-corrected chi connectivity index (χ0v) is 11.1. The number of carbonyl (C=O) groups is 2. The lowest BCUT2D eigenvalue weighted by Crippen LogP contribution is -2.29. The Morgan fingerprint density at radius 3 is 2.56 bits per heavy atom. The first-order chi connectivity index (χ1) is 8.65.